The molecule has 14 heavy (non-hydrogen) atoms. The van der Waals surface area contributed by atoms with E-state index in [1.54, 1.807) is 0 Å². The van der Waals surface area contributed by atoms with Crippen LogP contribution in [0.15, 0.2) is 0 Å². The Hall–Kier alpha value is -0.150. The van der Waals surface area contributed by atoms with Crippen molar-refractivity contribution >= 4 is 17.2 Å². The van der Waals surface area contributed by atoms with Crippen molar-refractivity contribution in [3.05, 3.63) is 0 Å². The van der Waals surface area contributed by atoms with Crippen LogP contribution in [0.4, 0.5) is 0 Å². The maximum Gasteiger partial charge on any atom is 0.0870 e. The molecule has 1 saturated carbocycles. The maximum atomic E-state index is 5.55. The molecule has 2 nitrogen and oxygen atoms in total. The van der Waals surface area contributed by atoms with Gasteiger partial charge in [0, 0.05) is 12.6 Å². The van der Waals surface area contributed by atoms with E-state index in [4.69, 9.17) is 18.0 Å². The number of hydrogen-bond donors (Lipinski definition) is 1. The van der Waals surface area contributed by atoms with Crippen molar-refractivity contribution in [2.24, 2.45) is 17.6 Å². The molecule has 3 unspecified atom stereocenters. The van der Waals surface area contributed by atoms with Crippen LogP contribution in [-0.2, 0) is 0 Å². The van der Waals surface area contributed by atoms with Crippen LogP contribution in [0.3, 0.4) is 0 Å². The van der Waals surface area contributed by atoms with E-state index in [-0.39, 0.29) is 0 Å². The van der Waals surface area contributed by atoms with Crippen molar-refractivity contribution in [3.63, 3.8) is 0 Å². The third-order valence-electron chi connectivity index (χ3n) is 3.60. The van der Waals surface area contributed by atoms with Crippen LogP contribution >= 0.6 is 12.2 Å². The summed E-state index contributed by atoms with van der Waals surface area (Å²) >= 11 is 4.93. The van der Waals surface area contributed by atoms with E-state index in [0.29, 0.717) is 11.0 Å². The van der Waals surface area contributed by atoms with Gasteiger partial charge >= 0.3 is 0 Å². The first-order chi connectivity index (χ1) is 6.50. The predicted molar refractivity (Wildman–Crippen MR) is 65.4 cm³/mol. The molecule has 0 saturated heterocycles. The fraction of sp³-hybridized carbons (Fsp3) is 0.909. The van der Waals surface area contributed by atoms with Crippen LogP contribution in [0.1, 0.15) is 33.1 Å². The molecule has 3 atom stereocenters. The Morgan fingerprint density at radius 1 is 1.36 bits per heavy atom. The first-order valence-corrected chi connectivity index (χ1v) is 5.90. The minimum Gasteiger partial charge on any atom is -0.392 e. The van der Waals surface area contributed by atoms with Crippen LogP contribution in [0.25, 0.3) is 0 Å². The third-order valence-corrected chi connectivity index (χ3v) is 3.73. The summed E-state index contributed by atoms with van der Waals surface area (Å²) in [5, 5.41) is 0. The van der Waals surface area contributed by atoms with E-state index in [1.807, 2.05) is 0 Å². The highest BCUT2D eigenvalue weighted by Gasteiger charge is 2.26. The molecule has 0 amide bonds. The summed E-state index contributed by atoms with van der Waals surface area (Å²) in [6.07, 6.45) is 3.93. The zero-order chi connectivity index (χ0) is 10.7. The summed E-state index contributed by atoms with van der Waals surface area (Å²) in [5.41, 5.74) is 5.55. The van der Waals surface area contributed by atoms with Crippen molar-refractivity contribution in [1.82, 2.24) is 4.90 Å². The SMILES string of the molecule is CC1CCC(N(C)CC(N)=S)CC1C. The minimum absolute atomic E-state index is 0.610. The highest BCUT2D eigenvalue weighted by atomic mass is 32.1. The lowest BCUT2D eigenvalue weighted by Crippen LogP contribution is -2.41. The molecule has 0 radical (unpaired) electrons. The van der Waals surface area contributed by atoms with Gasteiger partial charge in [-0.3, -0.25) is 4.90 Å². The van der Waals surface area contributed by atoms with E-state index in [9.17, 15) is 0 Å². The van der Waals surface area contributed by atoms with Crippen molar-refractivity contribution in [2.45, 2.75) is 39.2 Å². The van der Waals surface area contributed by atoms with Gasteiger partial charge in [0.2, 0.25) is 0 Å². The van der Waals surface area contributed by atoms with Crippen LogP contribution < -0.4 is 5.73 Å². The maximum absolute atomic E-state index is 5.55. The minimum atomic E-state index is 0.610. The number of rotatable bonds is 3. The zero-order valence-electron chi connectivity index (χ0n) is 9.49. The second kappa shape index (κ2) is 5.08. The van der Waals surface area contributed by atoms with Crippen LogP contribution in [0.5, 0.6) is 0 Å². The quantitative estimate of drug-likeness (QED) is 0.729. The molecule has 0 aromatic rings. The average molecular weight is 214 g/mol. The van der Waals surface area contributed by atoms with E-state index < -0.39 is 0 Å². The Kier molecular flexibility index (Phi) is 4.32. The molecular formula is C11H22N2S. The molecule has 82 valence electrons. The third kappa shape index (κ3) is 3.21. The van der Waals surface area contributed by atoms with Crippen LogP contribution in [0, 0.1) is 11.8 Å². The number of nitrogens with two attached hydrogens (primary N) is 1. The predicted octanol–water partition coefficient (Wildman–Crippen LogP) is 2.03. The summed E-state index contributed by atoms with van der Waals surface area (Å²) in [6, 6.07) is 0.683. The molecule has 0 aromatic carbocycles. The number of thiocarbonyl (C=S) groups is 1. The van der Waals surface area contributed by atoms with Crippen molar-refractivity contribution in [1.29, 1.82) is 0 Å². The molecule has 0 heterocycles. The molecule has 0 aliphatic heterocycles. The largest absolute Gasteiger partial charge is 0.392 e. The van der Waals surface area contributed by atoms with Gasteiger partial charge in [-0.15, -0.1) is 0 Å². The van der Waals surface area contributed by atoms with Gasteiger partial charge in [0.25, 0.3) is 0 Å². The average Bonchev–Trinajstić information content (AvgIpc) is 2.08. The normalized spacial score (nSPS) is 33.3. The van der Waals surface area contributed by atoms with Gasteiger partial charge in [-0.25, -0.2) is 0 Å². The molecule has 0 bridgehead atoms. The van der Waals surface area contributed by atoms with Gasteiger partial charge in [0.05, 0.1) is 4.99 Å². The molecule has 1 aliphatic rings. The van der Waals surface area contributed by atoms with Gasteiger partial charge < -0.3 is 5.73 Å². The van der Waals surface area contributed by atoms with Gasteiger partial charge in [-0.1, -0.05) is 26.1 Å². The molecule has 0 spiro atoms. The fourth-order valence-corrected chi connectivity index (χ4v) is 2.50. The van der Waals surface area contributed by atoms with Crippen molar-refractivity contribution in [3.8, 4) is 0 Å². The van der Waals surface area contributed by atoms with Gasteiger partial charge in [-0.2, -0.15) is 0 Å². The summed E-state index contributed by atoms with van der Waals surface area (Å²) in [5.74, 6) is 1.71. The highest BCUT2D eigenvalue weighted by molar-refractivity contribution is 7.80. The Balaban J connectivity index is 2.41. The lowest BCUT2D eigenvalue weighted by molar-refractivity contribution is 0.145. The second-order valence-electron chi connectivity index (χ2n) is 4.80. The molecule has 1 aliphatic carbocycles. The number of hydrogen-bond acceptors (Lipinski definition) is 2. The lowest BCUT2D eigenvalue weighted by atomic mass is 9.78. The van der Waals surface area contributed by atoms with Crippen LogP contribution in [-0.4, -0.2) is 29.5 Å². The van der Waals surface area contributed by atoms with Gasteiger partial charge in [0.15, 0.2) is 0 Å². The fourth-order valence-electron chi connectivity index (χ4n) is 2.29. The molecular weight excluding hydrogens is 192 g/mol. The van der Waals surface area contributed by atoms with E-state index in [2.05, 4.69) is 25.8 Å². The summed E-state index contributed by atoms with van der Waals surface area (Å²) < 4.78 is 0. The second-order valence-corrected chi connectivity index (χ2v) is 5.33. The highest BCUT2D eigenvalue weighted by Crippen LogP contribution is 2.31. The Morgan fingerprint density at radius 3 is 2.50 bits per heavy atom. The monoisotopic (exact) mass is 214 g/mol. The Bertz CT molecular complexity index is 205. The van der Waals surface area contributed by atoms with E-state index in [1.165, 1.54) is 19.3 Å². The summed E-state index contributed by atoms with van der Waals surface area (Å²) in [7, 11) is 2.13. The molecule has 0 aromatic heterocycles. The molecule has 3 heteroatoms. The number of nitrogens with zero attached hydrogens (tertiary/aromatic N) is 1. The number of likely N-dealkylation sites (N-methyl/N-ethyl adjacent to an activating group) is 1. The first-order valence-electron chi connectivity index (χ1n) is 5.49. The molecule has 2 N–H and O–H groups in total. The first kappa shape index (κ1) is 11.9. The lowest BCUT2D eigenvalue weighted by Gasteiger charge is -2.37. The van der Waals surface area contributed by atoms with Crippen LogP contribution in [0.2, 0.25) is 0 Å². The van der Waals surface area contributed by atoms with Crippen molar-refractivity contribution in [2.75, 3.05) is 13.6 Å². The molecule has 1 rings (SSSR count). The standard InChI is InChI=1S/C11H22N2S/c1-8-4-5-10(6-9(8)2)13(3)7-11(12)14/h8-10H,4-7H2,1-3H3,(H2,12,14). The summed E-state index contributed by atoms with van der Waals surface area (Å²) in [4.78, 5) is 2.92. The zero-order valence-corrected chi connectivity index (χ0v) is 10.3. The van der Waals surface area contributed by atoms with Crippen molar-refractivity contribution < 1.29 is 0 Å². The Labute approximate surface area is 92.8 Å². The van der Waals surface area contributed by atoms with E-state index >= 15 is 0 Å². The molecule has 1 fully saturated rings. The topological polar surface area (TPSA) is 29.3 Å². The smallest absolute Gasteiger partial charge is 0.0870 e. The van der Waals surface area contributed by atoms with Gasteiger partial charge in [0.1, 0.15) is 0 Å². The Morgan fingerprint density at radius 2 is 2.00 bits per heavy atom. The van der Waals surface area contributed by atoms with E-state index in [0.717, 1.165) is 18.4 Å². The summed E-state index contributed by atoms with van der Waals surface area (Å²) in [6.45, 7) is 5.47. The van der Waals surface area contributed by atoms with Gasteiger partial charge in [-0.05, 0) is 38.1 Å².